The van der Waals surface area contributed by atoms with Gasteiger partial charge in [0.15, 0.2) is 0 Å². The molecule has 8 heteroatoms. The fraction of sp³-hybridized carbons (Fsp3) is 0.364. The lowest BCUT2D eigenvalue weighted by Gasteiger charge is -2.09. The van der Waals surface area contributed by atoms with Gasteiger partial charge < -0.3 is 10.4 Å². The number of halogens is 1. The van der Waals surface area contributed by atoms with Crippen LogP contribution in [0.25, 0.3) is 0 Å². The molecule has 0 aliphatic heterocycles. The predicted molar refractivity (Wildman–Crippen MR) is 74.9 cm³/mol. The molecule has 0 unspecified atom stereocenters. The lowest BCUT2D eigenvalue weighted by molar-refractivity contribution is -0.116. The highest BCUT2D eigenvalue weighted by molar-refractivity contribution is 7.92. The van der Waals surface area contributed by atoms with E-state index in [1.165, 1.54) is 18.2 Å². The maximum Gasteiger partial charge on any atom is 0.229 e. The Labute approximate surface area is 116 Å². The van der Waals surface area contributed by atoms with Gasteiger partial charge in [0.2, 0.25) is 15.9 Å². The van der Waals surface area contributed by atoms with Crippen LogP contribution in [0, 0.1) is 0 Å². The van der Waals surface area contributed by atoms with E-state index in [9.17, 15) is 13.2 Å². The number of aliphatic hydroxyl groups is 1. The third-order valence-electron chi connectivity index (χ3n) is 2.11. The van der Waals surface area contributed by atoms with Gasteiger partial charge in [-0.05, 0) is 24.6 Å². The second-order valence-electron chi connectivity index (χ2n) is 3.94. The Hall–Kier alpha value is -1.31. The number of sulfonamides is 1. The zero-order chi connectivity index (χ0) is 14.5. The van der Waals surface area contributed by atoms with Gasteiger partial charge in [0.1, 0.15) is 0 Å². The fourth-order valence-corrected chi connectivity index (χ4v) is 2.20. The van der Waals surface area contributed by atoms with Crippen molar-refractivity contribution in [1.82, 2.24) is 0 Å². The first-order chi connectivity index (χ1) is 8.81. The molecule has 0 radical (unpaired) electrons. The highest BCUT2D eigenvalue weighted by Crippen LogP contribution is 2.26. The summed E-state index contributed by atoms with van der Waals surface area (Å²) in [4.78, 5) is 11.4. The van der Waals surface area contributed by atoms with E-state index in [0.29, 0.717) is 12.1 Å². The van der Waals surface area contributed by atoms with Crippen LogP contribution < -0.4 is 10.0 Å². The maximum atomic E-state index is 11.4. The summed E-state index contributed by atoms with van der Waals surface area (Å²) in [6.07, 6.45) is 1.61. The number of carbonyl (C=O) groups excluding carboxylic acids is 1. The van der Waals surface area contributed by atoms with E-state index < -0.39 is 10.0 Å². The molecule has 0 heterocycles. The number of hydrogen-bond donors (Lipinski definition) is 3. The normalized spacial score (nSPS) is 11.1. The van der Waals surface area contributed by atoms with Crippen molar-refractivity contribution in [2.24, 2.45) is 0 Å². The van der Waals surface area contributed by atoms with E-state index in [-0.39, 0.29) is 29.6 Å². The second-order valence-corrected chi connectivity index (χ2v) is 6.10. The van der Waals surface area contributed by atoms with Crippen LogP contribution in [0.4, 0.5) is 11.4 Å². The molecule has 1 rings (SSSR count). The SMILES string of the molecule is CS(=O)(=O)Nc1ccc(NC(=O)CCCO)cc1Cl. The highest BCUT2D eigenvalue weighted by atomic mass is 35.5. The van der Waals surface area contributed by atoms with Crippen LogP contribution >= 0.6 is 11.6 Å². The molecule has 1 amide bonds. The first-order valence-electron chi connectivity index (χ1n) is 5.50. The van der Waals surface area contributed by atoms with Crippen molar-refractivity contribution in [2.75, 3.05) is 22.9 Å². The average molecular weight is 307 g/mol. The van der Waals surface area contributed by atoms with Crippen LogP contribution in [-0.2, 0) is 14.8 Å². The molecule has 0 saturated heterocycles. The molecule has 0 spiro atoms. The van der Waals surface area contributed by atoms with Crippen molar-refractivity contribution in [3.8, 4) is 0 Å². The molecule has 1 aromatic carbocycles. The topological polar surface area (TPSA) is 95.5 Å². The molecule has 0 aliphatic rings. The molecule has 0 fully saturated rings. The monoisotopic (exact) mass is 306 g/mol. The van der Waals surface area contributed by atoms with Crippen molar-refractivity contribution in [2.45, 2.75) is 12.8 Å². The predicted octanol–water partition coefficient (Wildman–Crippen LogP) is 1.42. The van der Waals surface area contributed by atoms with Gasteiger partial charge in [0, 0.05) is 18.7 Å². The van der Waals surface area contributed by atoms with Crippen LogP contribution in [0.1, 0.15) is 12.8 Å². The summed E-state index contributed by atoms with van der Waals surface area (Å²) in [5.41, 5.74) is 0.713. The molecule has 0 aliphatic carbocycles. The lowest BCUT2D eigenvalue weighted by Crippen LogP contribution is -2.12. The van der Waals surface area contributed by atoms with E-state index >= 15 is 0 Å². The largest absolute Gasteiger partial charge is 0.396 e. The van der Waals surface area contributed by atoms with E-state index in [2.05, 4.69) is 10.0 Å². The Bertz CT molecular complexity index is 560. The van der Waals surface area contributed by atoms with Gasteiger partial charge in [-0.1, -0.05) is 11.6 Å². The van der Waals surface area contributed by atoms with E-state index in [1.807, 2.05) is 0 Å². The minimum Gasteiger partial charge on any atom is -0.396 e. The summed E-state index contributed by atoms with van der Waals surface area (Å²) in [6.45, 7) is -0.0502. The van der Waals surface area contributed by atoms with Crippen molar-refractivity contribution in [1.29, 1.82) is 0 Å². The van der Waals surface area contributed by atoms with Gasteiger partial charge in [0.05, 0.1) is 17.0 Å². The third kappa shape index (κ3) is 5.91. The van der Waals surface area contributed by atoms with Gasteiger partial charge in [-0.15, -0.1) is 0 Å². The van der Waals surface area contributed by atoms with Crippen molar-refractivity contribution < 1.29 is 18.3 Å². The van der Waals surface area contributed by atoms with E-state index in [0.717, 1.165) is 6.26 Å². The van der Waals surface area contributed by atoms with Crippen LogP contribution in [-0.4, -0.2) is 32.3 Å². The molecule has 19 heavy (non-hydrogen) atoms. The van der Waals surface area contributed by atoms with Gasteiger partial charge in [-0.2, -0.15) is 0 Å². The summed E-state index contributed by atoms with van der Waals surface area (Å²) in [5, 5.41) is 11.4. The lowest BCUT2D eigenvalue weighted by atomic mass is 10.2. The summed E-state index contributed by atoms with van der Waals surface area (Å²) in [5.74, 6) is -0.242. The molecule has 0 bridgehead atoms. The number of aliphatic hydroxyl groups excluding tert-OH is 1. The van der Waals surface area contributed by atoms with Gasteiger partial charge in [-0.3, -0.25) is 9.52 Å². The zero-order valence-corrected chi connectivity index (χ0v) is 11.9. The average Bonchev–Trinajstić information content (AvgIpc) is 2.28. The van der Waals surface area contributed by atoms with E-state index in [4.69, 9.17) is 16.7 Å². The third-order valence-corrected chi connectivity index (χ3v) is 3.01. The summed E-state index contributed by atoms with van der Waals surface area (Å²) >= 11 is 5.91. The second kappa shape index (κ2) is 6.74. The summed E-state index contributed by atoms with van der Waals surface area (Å²) in [7, 11) is -3.40. The quantitative estimate of drug-likeness (QED) is 0.740. The molecule has 3 N–H and O–H groups in total. The smallest absolute Gasteiger partial charge is 0.229 e. The Kier molecular flexibility index (Phi) is 5.59. The van der Waals surface area contributed by atoms with E-state index in [1.54, 1.807) is 0 Å². The first kappa shape index (κ1) is 15.7. The maximum absolute atomic E-state index is 11.4. The molecule has 0 atom stereocenters. The van der Waals surface area contributed by atoms with Crippen LogP contribution in [0.3, 0.4) is 0 Å². The molecule has 1 aromatic rings. The molecule has 0 saturated carbocycles. The minimum atomic E-state index is -3.40. The van der Waals surface area contributed by atoms with Crippen LogP contribution in [0.2, 0.25) is 5.02 Å². The number of benzene rings is 1. The van der Waals surface area contributed by atoms with Crippen LogP contribution in [0.5, 0.6) is 0 Å². The van der Waals surface area contributed by atoms with Crippen LogP contribution in [0.15, 0.2) is 18.2 Å². The minimum absolute atomic E-state index is 0.0502. The Morgan fingerprint density at radius 2 is 2.11 bits per heavy atom. The Morgan fingerprint density at radius 3 is 2.63 bits per heavy atom. The van der Waals surface area contributed by atoms with Crippen molar-refractivity contribution in [3.05, 3.63) is 23.2 Å². The zero-order valence-electron chi connectivity index (χ0n) is 10.3. The Balaban J connectivity index is 2.74. The van der Waals surface area contributed by atoms with Gasteiger partial charge in [-0.25, -0.2) is 8.42 Å². The van der Waals surface area contributed by atoms with Crippen molar-refractivity contribution in [3.63, 3.8) is 0 Å². The number of hydrogen-bond acceptors (Lipinski definition) is 4. The number of amides is 1. The summed E-state index contributed by atoms with van der Waals surface area (Å²) in [6, 6.07) is 4.45. The molecule has 106 valence electrons. The number of anilines is 2. The molecular formula is C11H15ClN2O4S. The molecule has 0 aromatic heterocycles. The van der Waals surface area contributed by atoms with Gasteiger partial charge >= 0.3 is 0 Å². The molecule has 6 nitrogen and oxygen atoms in total. The standard InChI is InChI=1S/C11H15ClN2O4S/c1-19(17,18)14-10-5-4-8(7-9(10)12)13-11(16)3-2-6-15/h4-5,7,14-15H,2-3,6H2,1H3,(H,13,16). The first-order valence-corrected chi connectivity index (χ1v) is 7.77. The number of rotatable bonds is 6. The number of nitrogens with one attached hydrogen (secondary N) is 2. The Morgan fingerprint density at radius 1 is 1.42 bits per heavy atom. The fourth-order valence-electron chi connectivity index (χ4n) is 1.34. The summed E-state index contributed by atoms with van der Waals surface area (Å²) < 4.78 is 24.4. The number of carbonyl (C=O) groups is 1. The van der Waals surface area contributed by atoms with Crippen molar-refractivity contribution >= 4 is 38.9 Å². The molecular weight excluding hydrogens is 292 g/mol. The van der Waals surface area contributed by atoms with Gasteiger partial charge in [0.25, 0.3) is 0 Å². The highest BCUT2D eigenvalue weighted by Gasteiger charge is 2.08.